The Hall–Kier alpha value is -1.85. The van der Waals surface area contributed by atoms with Gasteiger partial charge >= 0.3 is 17.9 Å². The van der Waals surface area contributed by atoms with E-state index < -0.39 is 6.10 Å². The van der Waals surface area contributed by atoms with Crippen LogP contribution in [-0.4, -0.2) is 37.2 Å². The van der Waals surface area contributed by atoms with E-state index in [9.17, 15) is 14.4 Å². The van der Waals surface area contributed by atoms with Crippen LogP contribution in [0.25, 0.3) is 0 Å². The molecular weight excluding hydrogens is 865 g/mol. The zero-order chi connectivity index (χ0) is 50.7. The first kappa shape index (κ1) is 68.2. The molecule has 0 aromatic rings. The molecule has 1 unspecified atom stereocenters. The highest BCUT2D eigenvalue weighted by atomic mass is 16.6. The smallest absolute Gasteiger partial charge is 0.306 e. The summed E-state index contributed by atoms with van der Waals surface area (Å²) in [5.74, 6) is -0.846. The van der Waals surface area contributed by atoms with E-state index in [1.165, 1.54) is 257 Å². The standard InChI is InChI=1S/C64H122O6/c1-4-7-10-13-16-19-22-25-27-29-31-32-34-35-37-39-42-45-48-51-54-57-63(66)69-60-61(59-68-62(65)56-53-50-47-44-41-24-21-18-15-12-9-6-3)70-64(67)58-55-52-49-46-43-40-38-36-33-30-28-26-23-20-17-14-11-8-5-2/h18,21,61H,4-17,19-20,22-60H2,1-3H3/b21-18-. The minimum absolute atomic E-state index is 0.0661. The quantitative estimate of drug-likeness (QED) is 0.0261. The second-order valence-electron chi connectivity index (χ2n) is 21.7. The van der Waals surface area contributed by atoms with Gasteiger partial charge in [0, 0.05) is 19.3 Å². The molecule has 0 aromatic heterocycles. The van der Waals surface area contributed by atoms with Gasteiger partial charge in [0.2, 0.25) is 0 Å². The van der Waals surface area contributed by atoms with Crippen LogP contribution in [0.3, 0.4) is 0 Å². The first-order valence-corrected chi connectivity index (χ1v) is 31.7. The van der Waals surface area contributed by atoms with Crippen LogP contribution in [0.1, 0.15) is 361 Å². The first-order valence-electron chi connectivity index (χ1n) is 31.7. The van der Waals surface area contributed by atoms with Crippen LogP contribution in [0.4, 0.5) is 0 Å². The normalized spacial score (nSPS) is 12.0. The number of esters is 3. The van der Waals surface area contributed by atoms with Gasteiger partial charge in [-0.2, -0.15) is 0 Å². The average molecular weight is 988 g/mol. The van der Waals surface area contributed by atoms with Gasteiger partial charge in [0.05, 0.1) is 0 Å². The Bertz CT molecular complexity index is 1090. The lowest BCUT2D eigenvalue weighted by Crippen LogP contribution is -2.30. The van der Waals surface area contributed by atoms with Crippen LogP contribution in [0.2, 0.25) is 0 Å². The summed E-state index contributed by atoms with van der Waals surface area (Å²) in [5.41, 5.74) is 0. The summed E-state index contributed by atoms with van der Waals surface area (Å²) >= 11 is 0. The second kappa shape index (κ2) is 59.7. The fourth-order valence-corrected chi connectivity index (χ4v) is 9.74. The highest BCUT2D eigenvalue weighted by Crippen LogP contribution is 2.18. The van der Waals surface area contributed by atoms with Gasteiger partial charge in [-0.15, -0.1) is 0 Å². The van der Waals surface area contributed by atoms with Crippen LogP contribution in [-0.2, 0) is 28.6 Å². The lowest BCUT2D eigenvalue weighted by molar-refractivity contribution is -0.167. The number of rotatable bonds is 59. The Morgan fingerprint density at radius 1 is 0.271 bits per heavy atom. The van der Waals surface area contributed by atoms with E-state index in [0.717, 1.165) is 64.2 Å². The van der Waals surface area contributed by atoms with Crippen molar-refractivity contribution in [3.63, 3.8) is 0 Å². The zero-order valence-corrected chi connectivity index (χ0v) is 47.6. The van der Waals surface area contributed by atoms with Gasteiger partial charge in [0.25, 0.3) is 0 Å². The van der Waals surface area contributed by atoms with Crippen LogP contribution in [0.5, 0.6) is 0 Å². The van der Waals surface area contributed by atoms with Crippen molar-refractivity contribution < 1.29 is 28.6 Å². The zero-order valence-electron chi connectivity index (χ0n) is 47.6. The Morgan fingerprint density at radius 3 is 0.743 bits per heavy atom. The Labute approximate surface area is 437 Å². The van der Waals surface area contributed by atoms with Crippen molar-refractivity contribution in [2.45, 2.75) is 367 Å². The van der Waals surface area contributed by atoms with Gasteiger partial charge in [-0.05, 0) is 44.9 Å². The van der Waals surface area contributed by atoms with Crippen molar-refractivity contribution in [1.29, 1.82) is 0 Å². The molecule has 0 saturated carbocycles. The van der Waals surface area contributed by atoms with Gasteiger partial charge in [-0.25, -0.2) is 0 Å². The van der Waals surface area contributed by atoms with E-state index in [1.807, 2.05) is 0 Å². The minimum atomic E-state index is -0.768. The third kappa shape index (κ3) is 57.1. The van der Waals surface area contributed by atoms with Crippen molar-refractivity contribution >= 4 is 17.9 Å². The number of carbonyl (C=O) groups is 3. The molecule has 0 heterocycles. The molecule has 0 saturated heterocycles. The maximum Gasteiger partial charge on any atom is 0.306 e. The SMILES string of the molecule is CCCCC/C=C\CCCCCCCC(=O)OCC(COC(=O)CCCCCCCCCCCCCCCCCCCCCCC)OC(=O)CCCCCCCCCCCCCCCCCCCCC. The molecule has 414 valence electrons. The highest BCUT2D eigenvalue weighted by molar-refractivity contribution is 5.71. The number of unbranched alkanes of at least 4 members (excludes halogenated alkanes) is 46. The molecule has 70 heavy (non-hydrogen) atoms. The van der Waals surface area contributed by atoms with E-state index in [0.29, 0.717) is 19.3 Å². The predicted octanol–water partition coefficient (Wildman–Crippen LogP) is 21.3. The maximum atomic E-state index is 12.9. The molecule has 6 heteroatoms. The molecule has 0 spiro atoms. The fraction of sp³-hybridized carbons (Fsp3) is 0.922. The highest BCUT2D eigenvalue weighted by Gasteiger charge is 2.19. The van der Waals surface area contributed by atoms with E-state index in [1.54, 1.807) is 0 Å². The third-order valence-electron chi connectivity index (χ3n) is 14.5. The third-order valence-corrected chi connectivity index (χ3v) is 14.5. The number of allylic oxidation sites excluding steroid dienone is 2. The molecule has 0 aromatic carbocycles. The molecule has 0 radical (unpaired) electrons. The largest absolute Gasteiger partial charge is 0.462 e. The summed E-state index contributed by atoms with van der Waals surface area (Å²) in [6.45, 7) is 6.68. The monoisotopic (exact) mass is 987 g/mol. The Morgan fingerprint density at radius 2 is 0.471 bits per heavy atom. The number of hydrogen-bond acceptors (Lipinski definition) is 6. The summed E-state index contributed by atoms with van der Waals surface area (Å²) in [6.07, 6.45) is 69.3. The van der Waals surface area contributed by atoms with Crippen molar-refractivity contribution in [2.24, 2.45) is 0 Å². The summed E-state index contributed by atoms with van der Waals surface area (Å²) in [6, 6.07) is 0. The van der Waals surface area contributed by atoms with Gasteiger partial charge in [0.1, 0.15) is 13.2 Å². The first-order chi connectivity index (χ1) is 34.5. The summed E-state index contributed by atoms with van der Waals surface area (Å²) < 4.78 is 16.9. The molecule has 0 aliphatic rings. The lowest BCUT2D eigenvalue weighted by atomic mass is 10.0. The van der Waals surface area contributed by atoms with Crippen LogP contribution < -0.4 is 0 Å². The molecule has 0 aliphatic heterocycles. The summed E-state index contributed by atoms with van der Waals surface area (Å²) in [7, 11) is 0. The lowest BCUT2D eigenvalue weighted by Gasteiger charge is -2.18. The van der Waals surface area contributed by atoms with Gasteiger partial charge in [0.15, 0.2) is 6.10 Å². The maximum absolute atomic E-state index is 12.9. The van der Waals surface area contributed by atoms with Gasteiger partial charge < -0.3 is 14.2 Å². The predicted molar refractivity (Wildman–Crippen MR) is 303 cm³/mol. The minimum Gasteiger partial charge on any atom is -0.462 e. The number of hydrogen-bond donors (Lipinski definition) is 0. The molecule has 0 N–H and O–H groups in total. The molecule has 1 atom stereocenters. The molecule has 0 aliphatic carbocycles. The van der Waals surface area contributed by atoms with E-state index in [2.05, 4.69) is 32.9 Å². The summed E-state index contributed by atoms with van der Waals surface area (Å²) in [5, 5.41) is 0. The van der Waals surface area contributed by atoms with Crippen LogP contribution in [0, 0.1) is 0 Å². The van der Waals surface area contributed by atoms with E-state index in [4.69, 9.17) is 14.2 Å². The van der Waals surface area contributed by atoms with Crippen molar-refractivity contribution in [1.82, 2.24) is 0 Å². The van der Waals surface area contributed by atoms with Gasteiger partial charge in [-0.1, -0.05) is 309 Å². The molecule has 0 bridgehead atoms. The van der Waals surface area contributed by atoms with Gasteiger partial charge in [-0.3, -0.25) is 14.4 Å². The summed E-state index contributed by atoms with van der Waals surface area (Å²) in [4.78, 5) is 38.2. The van der Waals surface area contributed by atoms with Crippen LogP contribution in [0.15, 0.2) is 12.2 Å². The number of carbonyl (C=O) groups excluding carboxylic acids is 3. The van der Waals surface area contributed by atoms with E-state index >= 15 is 0 Å². The van der Waals surface area contributed by atoms with E-state index in [-0.39, 0.29) is 31.1 Å². The van der Waals surface area contributed by atoms with Crippen molar-refractivity contribution in [2.75, 3.05) is 13.2 Å². The molecule has 0 fully saturated rings. The molecular formula is C64H122O6. The second-order valence-corrected chi connectivity index (χ2v) is 21.7. The number of ether oxygens (including phenoxy) is 3. The topological polar surface area (TPSA) is 78.9 Å². The molecule has 0 rings (SSSR count). The van der Waals surface area contributed by atoms with Crippen LogP contribution >= 0.6 is 0 Å². The van der Waals surface area contributed by atoms with Crippen molar-refractivity contribution in [3.05, 3.63) is 12.2 Å². The Kier molecular flexibility index (Phi) is 58.1. The fourth-order valence-electron chi connectivity index (χ4n) is 9.74. The average Bonchev–Trinajstić information content (AvgIpc) is 3.36. The Balaban J connectivity index is 4.24. The van der Waals surface area contributed by atoms with Crippen molar-refractivity contribution in [3.8, 4) is 0 Å². The molecule has 6 nitrogen and oxygen atoms in total. The molecule has 0 amide bonds.